The number of phenols is 1. The minimum atomic E-state index is -0.560. The third-order valence-electron chi connectivity index (χ3n) is 5.27. The Morgan fingerprint density at radius 3 is 2.48 bits per heavy atom. The van der Waals surface area contributed by atoms with Gasteiger partial charge in [-0.2, -0.15) is 0 Å². The molecule has 0 fully saturated rings. The zero-order valence-corrected chi connectivity index (χ0v) is 15.5. The van der Waals surface area contributed by atoms with Gasteiger partial charge in [0.2, 0.25) is 0 Å². The van der Waals surface area contributed by atoms with Gasteiger partial charge in [-0.25, -0.2) is 4.79 Å². The van der Waals surface area contributed by atoms with Crippen LogP contribution >= 0.6 is 0 Å². The number of hydrogen-bond donors (Lipinski definition) is 1. The topological polar surface area (TPSA) is 80.4 Å². The highest BCUT2D eigenvalue weighted by molar-refractivity contribution is 6.24. The van der Waals surface area contributed by atoms with Crippen molar-refractivity contribution in [3.8, 4) is 5.75 Å². The Balaban J connectivity index is 2.12. The second-order valence-corrected chi connectivity index (χ2v) is 6.81. The SMILES string of the molecule is CCOC(=O)c1c2c(N=O)c3ccccc3c(O)c2n2cc3ccccc3cc12. The van der Waals surface area contributed by atoms with Gasteiger partial charge in [0.1, 0.15) is 11.4 Å². The zero-order chi connectivity index (χ0) is 20.1. The lowest BCUT2D eigenvalue weighted by Crippen LogP contribution is -2.04. The first-order valence-corrected chi connectivity index (χ1v) is 9.26. The normalized spacial score (nSPS) is 11.5. The molecule has 0 amide bonds. The van der Waals surface area contributed by atoms with Gasteiger partial charge in [-0.1, -0.05) is 48.5 Å². The van der Waals surface area contributed by atoms with Gasteiger partial charge in [0.25, 0.3) is 0 Å². The van der Waals surface area contributed by atoms with Crippen molar-refractivity contribution in [3.63, 3.8) is 0 Å². The van der Waals surface area contributed by atoms with Crippen molar-refractivity contribution in [3.05, 3.63) is 71.3 Å². The largest absolute Gasteiger partial charge is 0.505 e. The summed E-state index contributed by atoms with van der Waals surface area (Å²) in [6.45, 7) is 1.91. The Bertz CT molecular complexity index is 1470. The van der Waals surface area contributed by atoms with E-state index >= 15 is 0 Å². The first-order valence-electron chi connectivity index (χ1n) is 9.26. The number of ether oxygens (including phenoxy) is 1. The summed E-state index contributed by atoms with van der Waals surface area (Å²) in [5, 5.41) is 17.5. The Morgan fingerprint density at radius 1 is 1.07 bits per heavy atom. The van der Waals surface area contributed by atoms with Gasteiger partial charge in [-0.05, 0) is 28.9 Å². The molecule has 6 heteroatoms. The van der Waals surface area contributed by atoms with Crippen molar-refractivity contribution in [2.24, 2.45) is 5.18 Å². The molecule has 1 N–H and O–H groups in total. The maximum Gasteiger partial charge on any atom is 0.341 e. The van der Waals surface area contributed by atoms with Crippen LogP contribution in [-0.4, -0.2) is 22.1 Å². The molecule has 2 heterocycles. The predicted octanol–water partition coefficient (Wildman–Crippen LogP) is 5.68. The number of esters is 1. The van der Waals surface area contributed by atoms with Crippen LogP contribution in [0, 0.1) is 4.91 Å². The van der Waals surface area contributed by atoms with Gasteiger partial charge in [0.05, 0.1) is 23.2 Å². The van der Waals surface area contributed by atoms with Crippen LogP contribution in [-0.2, 0) is 4.74 Å². The molecule has 0 saturated carbocycles. The van der Waals surface area contributed by atoms with Crippen LogP contribution in [0.5, 0.6) is 5.75 Å². The summed E-state index contributed by atoms with van der Waals surface area (Å²) in [6.07, 6.45) is 1.85. The maximum atomic E-state index is 12.9. The molecule has 0 radical (unpaired) electrons. The molecule has 6 nitrogen and oxygen atoms in total. The second-order valence-electron chi connectivity index (χ2n) is 6.81. The molecule has 0 aliphatic heterocycles. The van der Waals surface area contributed by atoms with Crippen molar-refractivity contribution in [1.82, 2.24) is 4.40 Å². The van der Waals surface area contributed by atoms with Gasteiger partial charge in [0, 0.05) is 22.4 Å². The minimum absolute atomic E-state index is 0.0103. The Morgan fingerprint density at radius 2 is 1.76 bits per heavy atom. The summed E-state index contributed by atoms with van der Waals surface area (Å²) in [5.41, 5.74) is 1.25. The van der Waals surface area contributed by atoms with E-state index < -0.39 is 5.97 Å². The van der Waals surface area contributed by atoms with Crippen molar-refractivity contribution in [1.29, 1.82) is 0 Å². The molecule has 0 saturated heterocycles. The molecule has 0 bridgehead atoms. The number of nitroso groups, excluding NO2 is 1. The Labute approximate surface area is 164 Å². The fraction of sp³-hybridized carbons (Fsp3) is 0.0870. The number of hydrogen-bond acceptors (Lipinski definition) is 5. The van der Waals surface area contributed by atoms with Crippen LogP contribution in [0.3, 0.4) is 0 Å². The number of carbonyl (C=O) groups is 1. The van der Waals surface area contributed by atoms with Crippen molar-refractivity contribution >= 4 is 49.6 Å². The summed E-state index contributed by atoms with van der Waals surface area (Å²) >= 11 is 0. The Kier molecular flexibility index (Phi) is 3.74. The van der Waals surface area contributed by atoms with Gasteiger partial charge in [0.15, 0.2) is 0 Å². The quantitative estimate of drug-likeness (QED) is 0.321. The van der Waals surface area contributed by atoms with E-state index in [1.807, 2.05) is 36.5 Å². The molecule has 3 aromatic carbocycles. The number of phenolic OH excluding ortho intramolecular Hbond substituents is 1. The third kappa shape index (κ3) is 2.32. The van der Waals surface area contributed by atoms with Crippen LogP contribution in [0.2, 0.25) is 0 Å². The third-order valence-corrected chi connectivity index (χ3v) is 5.27. The van der Waals surface area contributed by atoms with Crippen LogP contribution in [0.4, 0.5) is 5.69 Å². The Hall–Kier alpha value is -3.93. The molecule has 0 aliphatic carbocycles. The zero-order valence-electron chi connectivity index (χ0n) is 15.5. The average molecular weight is 384 g/mol. The summed E-state index contributed by atoms with van der Waals surface area (Å²) in [6, 6.07) is 16.5. The van der Waals surface area contributed by atoms with E-state index in [4.69, 9.17) is 4.74 Å². The number of aromatic hydroxyl groups is 1. The first-order chi connectivity index (χ1) is 14.2. The number of fused-ring (bicyclic) bond motifs is 5. The fourth-order valence-electron chi connectivity index (χ4n) is 4.06. The highest BCUT2D eigenvalue weighted by Gasteiger charge is 2.27. The lowest BCUT2D eigenvalue weighted by molar-refractivity contribution is 0.0531. The highest BCUT2D eigenvalue weighted by atomic mass is 16.5. The summed E-state index contributed by atoms with van der Waals surface area (Å²) in [7, 11) is 0. The predicted molar refractivity (Wildman–Crippen MR) is 113 cm³/mol. The molecule has 0 spiro atoms. The number of aromatic nitrogens is 1. The number of rotatable bonds is 3. The highest BCUT2D eigenvalue weighted by Crippen LogP contribution is 2.46. The maximum absolute atomic E-state index is 12.9. The van der Waals surface area contributed by atoms with Gasteiger partial charge < -0.3 is 14.2 Å². The van der Waals surface area contributed by atoms with E-state index in [0.29, 0.717) is 27.2 Å². The van der Waals surface area contributed by atoms with E-state index in [0.717, 1.165) is 10.8 Å². The molecule has 2 aromatic heterocycles. The van der Waals surface area contributed by atoms with Crippen LogP contribution < -0.4 is 0 Å². The van der Waals surface area contributed by atoms with E-state index in [-0.39, 0.29) is 23.6 Å². The van der Waals surface area contributed by atoms with Gasteiger partial charge in [-0.15, -0.1) is 4.91 Å². The second kappa shape index (κ2) is 6.31. The summed E-state index contributed by atoms with van der Waals surface area (Å²) < 4.78 is 7.02. The van der Waals surface area contributed by atoms with Crippen molar-refractivity contribution in [2.45, 2.75) is 6.92 Å². The molecular formula is C23H16N2O4. The van der Waals surface area contributed by atoms with Crippen LogP contribution in [0.1, 0.15) is 17.3 Å². The first kappa shape index (κ1) is 17.2. The number of benzene rings is 3. The smallest absolute Gasteiger partial charge is 0.341 e. The molecule has 5 rings (SSSR count). The number of nitrogens with zero attached hydrogens (tertiary/aromatic N) is 2. The van der Waals surface area contributed by atoms with E-state index in [9.17, 15) is 14.8 Å². The number of carbonyl (C=O) groups excluding carboxylic acids is 1. The van der Waals surface area contributed by atoms with Crippen LogP contribution in [0.15, 0.2) is 66.0 Å². The molecular weight excluding hydrogens is 368 g/mol. The molecule has 0 aliphatic rings. The lowest BCUT2D eigenvalue weighted by atomic mass is 10.0. The molecule has 29 heavy (non-hydrogen) atoms. The monoisotopic (exact) mass is 384 g/mol. The van der Waals surface area contributed by atoms with Gasteiger partial charge in [-0.3, -0.25) is 0 Å². The van der Waals surface area contributed by atoms with Crippen LogP contribution in [0.25, 0.3) is 38.0 Å². The minimum Gasteiger partial charge on any atom is -0.505 e. The standard InChI is InChI=1S/C23H16N2O4/c1-2-29-23(27)18-17-11-13-7-3-4-8-14(13)12-25(17)21-19(18)20(24-28)15-9-5-6-10-16(15)22(21)26/h3-12,26H,2H2,1H3. The summed E-state index contributed by atoms with van der Waals surface area (Å²) in [4.78, 5) is 24.8. The lowest BCUT2D eigenvalue weighted by Gasteiger charge is -2.08. The van der Waals surface area contributed by atoms with E-state index in [1.54, 1.807) is 35.6 Å². The molecule has 142 valence electrons. The number of pyridine rings is 1. The fourth-order valence-corrected chi connectivity index (χ4v) is 4.06. The average Bonchev–Trinajstić information content (AvgIpc) is 3.07. The van der Waals surface area contributed by atoms with E-state index in [1.165, 1.54) is 0 Å². The molecule has 5 aromatic rings. The molecule has 0 unspecified atom stereocenters. The molecule has 0 atom stereocenters. The van der Waals surface area contributed by atoms with Gasteiger partial charge >= 0.3 is 5.97 Å². The summed E-state index contributed by atoms with van der Waals surface area (Å²) in [5.74, 6) is -0.571. The van der Waals surface area contributed by atoms with Crippen molar-refractivity contribution < 1.29 is 14.6 Å². The van der Waals surface area contributed by atoms with E-state index in [2.05, 4.69) is 5.18 Å². The van der Waals surface area contributed by atoms with Crippen molar-refractivity contribution in [2.75, 3.05) is 6.61 Å².